The molecule has 15 heavy (non-hydrogen) atoms. The van der Waals surface area contributed by atoms with Gasteiger partial charge in [-0.15, -0.1) is 0 Å². The number of nitrogens with one attached hydrogen (secondary N) is 4. The average molecular weight is 214 g/mol. The van der Waals surface area contributed by atoms with Crippen molar-refractivity contribution < 1.29 is 4.79 Å². The van der Waals surface area contributed by atoms with E-state index in [2.05, 4.69) is 21.3 Å². The highest BCUT2D eigenvalue weighted by Gasteiger charge is 2.06. The van der Waals surface area contributed by atoms with Crippen LogP contribution in [-0.2, 0) is 4.79 Å². The highest BCUT2D eigenvalue weighted by Crippen LogP contribution is 1.95. The highest BCUT2D eigenvalue weighted by molar-refractivity contribution is 5.46. The first kappa shape index (κ1) is 12.4. The predicted molar refractivity (Wildman–Crippen MR) is 60.8 cm³/mol. The van der Waals surface area contributed by atoms with Gasteiger partial charge in [-0.05, 0) is 25.9 Å². The summed E-state index contributed by atoms with van der Waals surface area (Å²) in [6.45, 7) is 5.93. The van der Waals surface area contributed by atoms with Crippen molar-refractivity contribution in [3.8, 4) is 0 Å². The molecule has 1 amide bonds. The van der Waals surface area contributed by atoms with E-state index >= 15 is 0 Å². The summed E-state index contributed by atoms with van der Waals surface area (Å²) >= 11 is 0. The number of hydrogen-bond acceptors (Lipinski definition) is 4. The van der Waals surface area contributed by atoms with Crippen LogP contribution in [0.5, 0.6) is 0 Å². The van der Waals surface area contributed by atoms with E-state index < -0.39 is 0 Å². The Bertz CT molecular complexity index is 154. The fourth-order valence-corrected chi connectivity index (χ4v) is 1.69. The van der Waals surface area contributed by atoms with Crippen molar-refractivity contribution in [3.05, 3.63) is 0 Å². The van der Waals surface area contributed by atoms with Crippen LogP contribution in [0.3, 0.4) is 0 Å². The van der Waals surface area contributed by atoms with E-state index in [0.29, 0.717) is 6.04 Å². The maximum absolute atomic E-state index is 10.4. The van der Waals surface area contributed by atoms with Gasteiger partial charge in [-0.25, -0.2) is 0 Å². The van der Waals surface area contributed by atoms with Crippen molar-refractivity contribution >= 4 is 6.41 Å². The van der Waals surface area contributed by atoms with E-state index in [1.807, 2.05) is 0 Å². The van der Waals surface area contributed by atoms with Crippen molar-refractivity contribution in [2.75, 3.05) is 39.3 Å². The van der Waals surface area contributed by atoms with Crippen LogP contribution in [0.25, 0.3) is 0 Å². The molecular formula is C10H22N4O. The van der Waals surface area contributed by atoms with Crippen LogP contribution < -0.4 is 21.3 Å². The van der Waals surface area contributed by atoms with Crippen LogP contribution in [0.1, 0.15) is 12.8 Å². The molecule has 0 unspecified atom stereocenters. The summed E-state index contributed by atoms with van der Waals surface area (Å²) in [6, 6.07) is 0.301. The van der Waals surface area contributed by atoms with Gasteiger partial charge in [-0.3, -0.25) is 4.79 Å². The molecule has 1 rings (SSSR count). The lowest BCUT2D eigenvalue weighted by Crippen LogP contribution is -2.39. The molecule has 5 nitrogen and oxygen atoms in total. The van der Waals surface area contributed by atoms with Crippen molar-refractivity contribution in [1.29, 1.82) is 0 Å². The predicted octanol–water partition coefficient (Wildman–Crippen LogP) is -1.34. The van der Waals surface area contributed by atoms with Crippen LogP contribution in [0.15, 0.2) is 0 Å². The minimum absolute atomic E-state index is 0.301. The van der Waals surface area contributed by atoms with E-state index in [0.717, 1.165) is 58.5 Å². The van der Waals surface area contributed by atoms with Gasteiger partial charge in [0.25, 0.3) is 0 Å². The second kappa shape index (κ2) is 8.64. The Morgan fingerprint density at radius 1 is 0.867 bits per heavy atom. The van der Waals surface area contributed by atoms with Gasteiger partial charge in [0.15, 0.2) is 0 Å². The molecule has 1 aliphatic heterocycles. The molecular weight excluding hydrogens is 192 g/mol. The normalized spacial score (nSPS) is 22.4. The first-order chi connectivity index (χ1) is 7.43. The summed E-state index contributed by atoms with van der Waals surface area (Å²) in [7, 11) is 0. The lowest BCUT2D eigenvalue weighted by molar-refractivity contribution is -0.110. The Morgan fingerprint density at radius 2 is 1.33 bits per heavy atom. The number of hydrogen-bond donors (Lipinski definition) is 4. The lowest BCUT2D eigenvalue weighted by Gasteiger charge is -2.18. The van der Waals surface area contributed by atoms with E-state index in [4.69, 9.17) is 0 Å². The van der Waals surface area contributed by atoms with E-state index in [1.54, 1.807) is 0 Å². The van der Waals surface area contributed by atoms with Gasteiger partial charge in [0.1, 0.15) is 0 Å². The monoisotopic (exact) mass is 214 g/mol. The van der Waals surface area contributed by atoms with Gasteiger partial charge < -0.3 is 21.3 Å². The third kappa shape index (κ3) is 6.43. The van der Waals surface area contributed by atoms with Crippen LogP contribution >= 0.6 is 0 Å². The van der Waals surface area contributed by atoms with E-state index in [1.165, 1.54) is 0 Å². The second-order valence-corrected chi connectivity index (χ2v) is 3.81. The third-order valence-electron chi connectivity index (χ3n) is 2.60. The topological polar surface area (TPSA) is 65.2 Å². The second-order valence-electron chi connectivity index (χ2n) is 3.81. The molecule has 0 bridgehead atoms. The van der Waals surface area contributed by atoms with E-state index in [9.17, 15) is 4.79 Å². The van der Waals surface area contributed by atoms with Crippen molar-refractivity contribution in [2.24, 2.45) is 0 Å². The summed E-state index contributed by atoms with van der Waals surface area (Å²) in [5.41, 5.74) is 0. The van der Waals surface area contributed by atoms with Crippen molar-refractivity contribution in [2.45, 2.75) is 18.9 Å². The van der Waals surface area contributed by atoms with Crippen LogP contribution in [0.4, 0.5) is 0 Å². The van der Waals surface area contributed by atoms with Crippen molar-refractivity contribution in [3.63, 3.8) is 0 Å². The highest BCUT2D eigenvalue weighted by atomic mass is 16.1. The summed E-state index contributed by atoms with van der Waals surface area (Å²) < 4.78 is 0. The zero-order chi connectivity index (χ0) is 10.8. The summed E-state index contributed by atoms with van der Waals surface area (Å²) in [6.07, 6.45) is 2.80. The average Bonchev–Trinajstić information content (AvgIpc) is 2.22. The molecule has 1 fully saturated rings. The molecule has 0 saturated carbocycles. The number of carbonyl (C=O) groups is 1. The summed E-state index contributed by atoms with van der Waals surface area (Å²) in [5, 5.41) is 12.9. The van der Waals surface area contributed by atoms with Gasteiger partial charge in [0.2, 0.25) is 6.41 Å². The molecule has 0 spiro atoms. The Hall–Kier alpha value is -0.650. The Morgan fingerprint density at radius 3 is 1.80 bits per heavy atom. The molecule has 0 radical (unpaired) electrons. The van der Waals surface area contributed by atoms with E-state index in [-0.39, 0.29) is 0 Å². The summed E-state index contributed by atoms with van der Waals surface area (Å²) in [5.74, 6) is 0. The maximum atomic E-state index is 10.4. The molecule has 5 heteroatoms. The number of rotatable bonds is 2. The van der Waals surface area contributed by atoms with Crippen molar-refractivity contribution in [1.82, 2.24) is 21.3 Å². The molecule has 0 aromatic carbocycles. The molecule has 0 atom stereocenters. The first-order valence-corrected chi connectivity index (χ1v) is 5.75. The smallest absolute Gasteiger partial charge is 0.207 e. The van der Waals surface area contributed by atoms with Gasteiger partial charge in [0.05, 0.1) is 0 Å². The minimum Gasteiger partial charge on any atom is -0.356 e. The SMILES string of the molecule is O=CNC1CCNCCNCCNCC1. The fourth-order valence-electron chi connectivity index (χ4n) is 1.69. The van der Waals surface area contributed by atoms with Crippen LogP contribution in [-0.4, -0.2) is 51.7 Å². The zero-order valence-electron chi connectivity index (χ0n) is 9.22. The summed E-state index contributed by atoms with van der Waals surface area (Å²) in [4.78, 5) is 10.4. The maximum Gasteiger partial charge on any atom is 0.207 e. The Labute approximate surface area is 91.4 Å². The molecule has 88 valence electrons. The lowest BCUT2D eigenvalue weighted by atomic mass is 10.1. The fraction of sp³-hybridized carbons (Fsp3) is 0.900. The van der Waals surface area contributed by atoms with Crippen LogP contribution in [0, 0.1) is 0 Å². The van der Waals surface area contributed by atoms with Gasteiger partial charge in [-0.2, -0.15) is 0 Å². The molecule has 1 heterocycles. The number of amides is 1. The van der Waals surface area contributed by atoms with Gasteiger partial charge in [0, 0.05) is 32.2 Å². The van der Waals surface area contributed by atoms with Gasteiger partial charge >= 0.3 is 0 Å². The molecule has 0 aromatic heterocycles. The largest absolute Gasteiger partial charge is 0.356 e. The first-order valence-electron chi connectivity index (χ1n) is 5.75. The van der Waals surface area contributed by atoms with Gasteiger partial charge in [-0.1, -0.05) is 0 Å². The number of carbonyl (C=O) groups excluding carboxylic acids is 1. The Kier molecular flexibility index (Phi) is 7.16. The molecule has 0 aromatic rings. The Balaban J connectivity index is 2.22. The quantitative estimate of drug-likeness (QED) is 0.430. The minimum atomic E-state index is 0.301. The molecule has 1 saturated heterocycles. The third-order valence-corrected chi connectivity index (χ3v) is 2.60. The van der Waals surface area contributed by atoms with Crippen LogP contribution in [0.2, 0.25) is 0 Å². The standard InChI is InChI=1S/C10H22N4O/c15-9-14-10-1-3-11-5-7-13-8-6-12-4-2-10/h9-13H,1-8H2,(H,14,15). The molecule has 4 N–H and O–H groups in total. The zero-order valence-corrected chi connectivity index (χ0v) is 9.22. The molecule has 0 aliphatic carbocycles. The molecule has 1 aliphatic rings.